The fourth-order valence-corrected chi connectivity index (χ4v) is 1.44. The number of aromatic nitrogens is 2. The van der Waals surface area contributed by atoms with Crippen LogP contribution >= 0.6 is 0 Å². The lowest BCUT2D eigenvalue weighted by Gasteiger charge is -2.09. The number of benzene rings is 1. The van der Waals surface area contributed by atoms with Gasteiger partial charge in [0, 0.05) is 5.56 Å². The number of nitrogen functional groups attached to an aromatic ring is 1. The zero-order chi connectivity index (χ0) is 12.4. The number of nitrogens with two attached hydrogens (primary N) is 1. The van der Waals surface area contributed by atoms with Crippen molar-refractivity contribution in [2.75, 3.05) is 12.8 Å². The third kappa shape index (κ3) is 2.01. The first-order valence-corrected chi connectivity index (χ1v) is 4.73. The molecule has 88 valence electrons. The summed E-state index contributed by atoms with van der Waals surface area (Å²) < 4.78 is 31.0. The van der Waals surface area contributed by atoms with Crippen LogP contribution in [0.25, 0.3) is 11.3 Å². The lowest BCUT2D eigenvalue weighted by atomic mass is 10.1. The Morgan fingerprint density at radius 2 is 1.94 bits per heavy atom. The van der Waals surface area contributed by atoms with E-state index in [0.29, 0.717) is 11.3 Å². The van der Waals surface area contributed by atoms with Gasteiger partial charge in [-0.2, -0.15) is 0 Å². The molecule has 4 nitrogen and oxygen atoms in total. The van der Waals surface area contributed by atoms with Crippen molar-refractivity contribution in [1.29, 1.82) is 0 Å². The van der Waals surface area contributed by atoms with Gasteiger partial charge in [-0.3, -0.25) is 0 Å². The maximum Gasteiger partial charge on any atom is 0.187 e. The van der Waals surface area contributed by atoms with Gasteiger partial charge >= 0.3 is 0 Å². The highest BCUT2D eigenvalue weighted by Crippen LogP contribution is 2.31. The van der Waals surface area contributed by atoms with Crippen molar-refractivity contribution in [2.45, 2.75) is 0 Å². The van der Waals surface area contributed by atoms with Gasteiger partial charge in [0.05, 0.1) is 7.11 Å². The molecule has 0 fully saturated rings. The van der Waals surface area contributed by atoms with Gasteiger partial charge in [-0.15, -0.1) is 0 Å². The van der Waals surface area contributed by atoms with E-state index in [9.17, 15) is 8.78 Å². The van der Waals surface area contributed by atoms with Crippen LogP contribution in [-0.2, 0) is 0 Å². The van der Waals surface area contributed by atoms with Crippen LogP contribution in [0.3, 0.4) is 0 Å². The average molecular weight is 237 g/mol. The zero-order valence-corrected chi connectivity index (χ0v) is 8.95. The predicted molar refractivity (Wildman–Crippen MR) is 58.3 cm³/mol. The number of halogens is 2. The number of hydrogen-bond acceptors (Lipinski definition) is 4. The summed E-state index contributed by atoms with van der Waals surface area (Å²) in [6.45, 7) is 0. The largest absolute Gasteiger partial charge is 0.491 e. The molecule has 0 spiro atoms. The standard InChI is InChI=1S/C11H9F2N3O/c1-17-10-9(15-5-16-11(10)14)6-2-3-7(12)8(13)4-6/h2-5H,1H3,(H2,14,15,16). The number of anilines is 1. The topological polar surface area (TPSA) is 61.0 Å². The second-order valence-corrected chi connectivity index (χ2v) is 3.27. The van der Waals surface area contributed by atoms with E-state index < -0.39 is 11.6 Å². The van der Waals surface area contributed by atoms with E-state index in [1.807, 2.05) is 0 Å². The smallest absolute Gasteiger partial charge is 0.187 e. The van der Waals surface area contributed by atoms with E-state index in [4.69, 9.17) is 10.5 Å². The summed E-state index contributed by atoms with van der Waals surface area (Å²) in [5.41, 5.74) is 6.28. The Balaban J connectivity index is 2.60. The Labute approximate surface area is 96.1 Å². The summed E-state index contributed by atoms with van der Waals surface area (Å²) in [4.78, 5) is 7.70. The first-order chi connectivity index (χ1) is 8.13. The van der Waals surface area contributed by atoms with Gasteiger partial charge < -0.3 is 10.5 Å². The van der Waals surface area contributed by atoms with Crippen LogP contribution in [0.2, 0.25) is 0 Å². The van der Waals surface area contributed by atoms with Crippen LogP contribution in [0.15, 0.2) is 24.5 Å². The maximum absolute atomic E-state index is 13.1. The number of nitrogens with zero attached hydrogens (tertiary/aromatic N) is 2. The number of ether oxygens (including phenoxy) is 1. The maximum atomic E-state index is 13.1. The second kappa shape index (κ2) is 4.32. The molecule has 1 aromatic heterocycles. The Kier molecular flexibility index (Phi) is 2.86. The monoisotopic (exact) mass is 237 g/mol. The fourth-order valence-electron chi connectivity index (χ4n) is 1.44. The molecule has 0 aliphatic heterocycles. The van der Waals surface area contributed by atoms with Crippen molar-refractivity contribution < 1.29 is 13.5 Å². The average Bonchev–Trinajstić information content (AvgIpc) is 2.32. The third-order valence-corrected chi connectivity index (χ3v) is 2.23. The third-order valence-electron chi connectivity index (χ3n) is 2.23. The van der Waals surface area contributed by atoms with Gasteiger partial charge in [-0.05, 0) is 18.2 Å². The van der Waals surface area contributed by atoms with Crippen LogP contribution in [0.4, 0.5) is 14.6 Å². The Morgan fingerprint density at radius 1 is 1.18 bits per heavy atom. The minimum Gasteiger partial charge on any atom is -0.491 e. The number of rotatable bonds is 2. The molecule has 0 unspecified atom stereocenters. The first kappa shape index (κ1) is 11.3. The highest BCUT2D eigenvalue weighted by atomic mass is 19.2. The Morgan fingerprint density at radius 3 is 2.59 bits per heavy atom. The quantitative estimate of drug-likeness (QED) is 0.867. The molecular formula is C11H9F2N3O. The minimum absolute atomic E-state index is 0.141. The SMILES string of the molecule is COc1c(N)ncnc1-c1ccc(F)c(F)c1. The van der Waals surface area contributed by atoms with Crippen molar-refractivity contribution in [2.24, 2.45) is 0 Å². The lowest BCUT2D eigenvalue weighted by molar-refractivity contribution is 0.415. The summed E-state index contributed by atoms with van der Waals surface area (Å²) >= 11 is 0. The zero-order valence-electron chi connectivity index (χ0n) is 8.95. The van der Waals surface area contributed by atoms with Crippen LogP contribution in [0.1, 0.15) is 0 Å². The van der Waals surface area contributed by atoms with Crippen LogP contribution in [0.5, 0.6) is 5.75 Å². The summed E-state index contributed by atoms with van der Waals surface area (Å²) in [6, 6.07) is 3.44. The van der Waals surface area contributed by atoms with Gasteiger partial charge in [0.1, 0.15) is 12.0 Å². The van der Waals surface area contributed by atoms with Gasteiger partial charge in [-0.1, -0.05) is 0 Å². The number of hydrogen-bond donors (Lipinski definition) is 1. The number of methoxy groups -OCH3 is 1. The Hall–Kier alpha value is -2.24. The van der Waals surface area contributed by atoms with Gasteiger partial charge in [0.25, 0.3) is 0 Å². The molecule has 0 amide bonds. The Bertz CT molecular complexity index is 560. The van der Waals surface area contributed by atoms with E-state index >= 15 is 0 Å². The molecule has 0 saturated carbocycles. The van der Waals surface area contributed by atoms with E-state index in [1.54, 1.807) is 0 Å². The molecular weight excluding hydrogens is 228 g/mol. The van der Waals surface area contributed by atoms with E-state index in [2.05, 4.69) is 9.97 Å². The van der Waals surface area contributed by atoms with Crippen molar-refractivity contribution in [3.05, 3.63) is 36.2 Å². The second-order valence-electron chi connectivity index (χ2n) is 3.27. The molecule has 0 atom stereocenters. The molecule has 0 radical (unpaired) electrons. The molecule has 0 saturated heterocycles. The van der Waals surface area contributed by atoms with Crippen LogP contribution in [0, 0.1) is 11.6 Å². The van der Waals surface area contributed by atoms with Crippen molar-refractivity contribution in [1.82, 2.24) is 9.97 Å². The fraction of sp³-hybridized carbons (Fsp3) is 0.0909. The minimum atomic E-state index is -0.957. The lowest BCUT2D eigenvalue weighted by Crippen LogP contribution is -2.00. The van der Waals surface area contributed by atoms with E-state index in [-0.39, 0.29) is 11.6 Å². The summed E-state index contributed by atoms with van der Waals surface area (Å²) in [7, 11) is 1.40. The molecule has 17 heavy (non-hydrogen) atoms. The van der Waals surface area contributed by atoms with Gasteiger partial charge in [0.2, 0.25) is 0 Å². The molecule has 1 heterocycles. The highest BCUT2D eigenvalue weighted by Gasteiger charge is 2.13. The molecule has 1 aromatic carbocycles. The molecule has 2 N–H and O–H groups in total. The van der Waals surface area contributed by atoms with Crippen LogP contribution in [-0.4, -0.2) is 17.1 Å². The van der Waals surface area contributed by atoms with E-state index in [1.165, 1.54) is 19.5 Å². The van der Waals surface area contributed by atoms with Gasteiger partial charge in [0.15, 0.2) is 23.2 Å². The van der Waals surface area contributed by atoms with Gasteiger partial charge in [-0.25, -0.2) is 18.7 Å². The first-order valence-electron chi connectivity index (χ1n) is 4.73. The summed E-state index contributed by atoms with van der Waals surface area (Å²) in [5.74, 6) is -1.50. The predicted octanol–water partition coefficient (Wildman–Crippen LogP) is 2.01. The molecule has 2 aromatic rings. The summed E-state index contributed by atoms with van der Waals surface area (Å²) in [5, 5.41) is 0. The van der Waals surface area contributed by atoms with Crippen molar-refractivity contribution >= 4 is 5.82 Å². The molecule has 2 rings (SSSR count). The normalized spacial score (nSPS) is 10.3. The van der Waals surface area contributed by atoms with Crippen molar-refractivity contribution in [3.63, 3.8) is 0 Å². The highest BCUT2D eigenvalue weighted by molar-refractivity contribution is 5.71. The molecule has 0 bridgehead atoms. The van der Waals surface area contributed by atoms with E-state index in [0.717, 1.165) is 12.1 Å². The molecule has 0 aliphatic carbocycles. The van der Waals surface area contributed by atoms with Crippen LogP contribution < -0.4 is 10.5 Å². The van der Waals surface area contributed by atoms with Crippen molar-refractivity contribution in [3.8, 4) is 17.0 Å². The molecule has 0 aliphatic rings. The molecule has 6 heteroatoms. The summed E-state index contributed by atoms with van der Waals surface area (Å²) in [6.07, 6.45) is 1.23.